The molecule has 0 saturated heterocycles. The maximum Gasteiger partial charge on any atom is 0.173 e. The third-order valence-electron chi connectivity index (χ3n) is 2.32. The molecule has 3 heteroatoms. The molecule has 1 saturated carbocycles. The first kappa shape index (κ1) is 9.53. The molecule has 1 aromatic rings. The maximum absolute atomic E-state index is 11.3. The second-order valence-corrected chi connectivity index (χ2v) is 3.86. The molecule has 14 heavy (non-hydrogen) atoms. The van der Waals surface area contributed by atoms with Gasteiger partial charge in [-0.3, -0.25) is 4.79 Å². The van der Waals surface area contributed by atoms with Crippen LogP contribution in [0.25, 0.3) is 0 Å². The number of Topliss-reactive ketones (excluding diaryl/α,β-unsaturated/α-hetero) is 1. The zero-order chi connectivity index (χ0) is 9.97. The number of ketones is 1. The Hall–Kier alpha value is -1.02. The lowest BCUT2D eigenvalue weighted by molar-refractivity contribution is -0.123. The lowest BCUT2D eigenvalue weighted by Crippen LogP contribution is -2.20. The van der Waals surface area contributed by atoms with Crippen LogP contribution in [0, 0.1) is 0 Å². The molecule has 0 heterocycles. The fourth-order valence-corrected chi connectivity index (χ4v) is 1.79. The zero-order valence-corrected chi connectivity index (χ0v) is 8.46. The van der Waals surface area contributed by atoms with Crippen LogP contribution < -0.4 is 4.74 Å². The second-order valence-electron chi connectivity index (χ2n) is 3.42. The Morgan fingerprint density at radius 1 is 1.43 bits per heavy atom. The van der Waals surface area contributed by atoms with E-state index in [0.717, 1.165) is 12.8 Å². The molecule has 2 nitrogen and oxygen atoms in total. The molecule has 0 spiro atoms. The summed E-state index contributed by atoms with van der Waals surface area (Å²) in [7, 11) is 0. The van der Waals surface area contributed by atoms with E-state index >= 15 is 0 Å². The van der Waals surface area contributed by atoms with Crippen LogP contribution in [-0.2, 0) is 4.79 Å². The van der Waals surface area contributed by atoms with Crippen molar-refractivity contribution in [3.05, 3.63) is 29.3 Å². The Labute approximate surface area is 87.8 Å². The van der Waals surface area contributed by atoms with Crippen LogP contribution in [0.2, 0.25) is 5.02 Å². The van der Waals surface area contributed by atoms with E-state index in [1.165, 1.54) is 0 Å². The van der Waals surface area contributed by atoms with Gasteiger partial charge in [-0.15, -0.1) is 0 Å². The Balaban J connectivity index is 2.07. The van der Waals surface area contributed by atoms with Gasteiger partial charge in [-0.1, -0.05) is 17.7 Å². The first-order valence-corrected chi connectivity index (χ1v) is 5.08. The third kappa shape index (κ3) is 2.07. The molecule has 74 valence electrons. The number of hydrogen-bond donors (Lipinski definition) is 0. The average molecular weight is 211 g/mol. The van der Waals surface area contributed by atoms with Crippen LogP contribution in [0.4, 0.5) is 0 Å². The second kappa shape index (κ2) is 4.01. The minimum atomic E-state index is -0.256. The highest BCUT2D eigenvalue weighted by Gasteiger charge is 2.25. The Bertz CT molecular complexity index is 349. The fraction of sp³-hybridized carbons (Fsp3) is 0.364. The van der Waals surface area contributed by atoms with Gasteiger partial charge in [-0.05, 0) is 31.0 Å². The molecule has 1 unspecified atom stereocenters. The van der Waals surface area contributed by atoms with Crippen LogP contribution in [-0.4, -0.2) is 11.9 Å². The molecule has 1 fully saturated rings. The minimum Gasteiger partial charge on any atom is -0.483 e. The lowest BCUT2D eigenvalue weighted by atomic mass is 10.3. The van der Waals surface area contributed by atoms with Crippen molar-refractivity contribution in [3.8, 4) is 5.75 Å². The van der Waals surface area contributed by atoms with E-state index in [9.17, 15) is 4.79 Å². The monoisotopic (exact) mass is 210 g/mol. The van der Waals surface area contributed by atoms with Crippen molar-refractivity contribution in [3.63, 3.8) is 0 Å². The summed E-state index contributed by atoms with van der Waals surface area (Å²) in [6, 6.07) is 7.15. The molecule has 0 radical (unpaired) electrons. The standard InChI is InChI=1S/C11H11ClO2/c12-8-3-1-4-9(7-8)14-11-6-2-5-10(11)13/h1,3-4,7,11H,2,5-6H2. The average Bonchev–Trinajstić information content (AvgIpc) is 2.52. The quantitative estimate of drug-likeness (QED) is 0.751. The predicted molar refractivity (Wildman–Crippen MR) is 54.7 cm³/mol. The van der Waals surface area contributed by atoms with Crippen molar-refractivity contribution in [1.29, 1.82) is 0 Å². The fourth-order valence-electron chi connectivity index (χ4n) is 1.61. The molecule has 1 aliphatic carbocycles. The SMILES string of the molecule is O=C1CCCC1Oc1cccc(Cl)c1. The molecule has 0 amide bonds. The molecule has 0 aromatic heterocycles. The van der Waals surface area contributed by atoms with Crippen LogP contribution in [0.1, 0.15) is 19.3 Å². The summed E-state index contributed by atoms with van der Waals surface area (Å²) in [5.41, 5.74) is 0. The summed E-state index contributed by atoms with van der Waals surface area (Å²) in [5.74, 6) is 0.878. The summed E-state index contributed by atoms with van der Waals surface area (Å²) in [4.78, 5) is 11.3. The van der Waals surface area contributed by atoms with E-state index in [4.69, 9.17) is 16.3 Å². The zero-order valence-electron chi connectivity index (χ0n) is 7.70. The van der Waals surface area contributed by atoms with E-state index in [1.807, 2.05) is 12.1 Å². The number of halogens is 1. The molecule has 1 aliphatic rings. The molecular formula is C11H11ClO2. The van der Waals surface area contributed by atoms with Gasteiger partial charge < -0.3 is 4.74 Å². The van der Waals surface area contributed by atoms with Crippen molar-refractivity contribution < 1.29 is 9.53 Å². The van der Waals surface area contributed by atoms with E-state index in [1.54, 1.807) is 12.1 Å². The van der Waals surface area contributed by atoms with Crippen LogP contribution >= 0.6 is 11.6 Å². The molecule has 0 N–H and O–H groups in total. The highest BCUT2D eigenvalue weighted by Crippen LogP contribution is 2.23. The Kier molecular flexibility index (Phi) is 2.73. The number of benzene rings is 1. The van der Waals surface area contributed by atoms with Crippen LogP contribution in [0.15, 0.2) is 24.3 Å². The lowest BCUT2D eigenvalue weighted by Gasteiger charge is -2.11. The van der Waals surface area contributed by atoms with Gasteiger partial charge >= 0.3 is 0 Å². The van der Waals surface area contributed by atoms with Gasteiger partial charge in [0.1, 0.15) is 5.75 Å². The molecule has 2 rings (SSSR count). The summed E-state index contributed by atoms with van der Waals surface area (Å²) in [6.07, 6.45) is 2.15. The Morgan fingerprint density at radius 2 is 2.29 bits per heavy atom. The number of rotatable bonds is 2. The number of carbonyl (C=O) groups is 1. The minimum absolute atomic E-state index is 0.199. The van der Waals surface area contributed by atoms with Crippen molar-refractivity contribution in [2.75, 3.05) is 0 Å². The summed E-state index contributed by atoms with van der Waals surface area (Å²) in [6.45, 7) is 0. The van der Waals surface area contributed by atoms with Gasteiger partial charge in [0, 0.05) is 11.4 Å². The van der Waals surface area contributed by atoms with E-state index in [0.29, 0.717) is 17.2 Å². The summed E-state index contributed by atoms with van der Waals surface area (Å²) < 4.78 is 5.53. The maximum atomic E-state index is 11.3. The molecule has 0 bridgehead atoms. The predicted octanol–water partition coefficient (Wildman–Crippen LogP) is 2.84. The van der Waals surface area contributed by atoms with Crippen LogP contribution in [0.3, 0.4) is 0 Å². The van der Waals surface area contributed by atoms with E-state index in [-0.39, 0.29) is 11.9 Å². The normalized spacial score (nSPS) is 21.2. The first-order chi connectivity index (χ1) is 6.75. The van der Waals surface area contributed by atoms with E-state index < -0.39 is 0 Å². The number of carbonyl (C=O) groups excluding carboxylic acids is 1. The summed E-state index contributed by atoms with van der Waals surface area (Å²) in [5, 5.41) is 0.632. The molecular weight excluding hydrogens is 200 g/mol. The Morgan fingerprint density at radius 3 is 2.93 bits per heavy atom. The van der Waals surface area contributed by atoms with Crippen molar-refractivity contribution in [1.82, 2.24) is 0 Å². The van der Waals surface area contributed by atoms with Gasteiger partial charge in [0.2, 0.25) is 0 Å². The first-order valence-electron chi connectivity index (χ1n) is 4.70. The molecule has 0 aliphatic heterocycles. The molecule has 1 atom stereocenters. The molecule has 1 aromatic carbocycles. The van der Waals surface area contributed by atoms with Gasteiger partial charge in [0.05, 0.1) is 0 Å². The van der Waals surface area contributed by atoms with Crippen LogP contribution in [0.5, 0.6) is 5.75 Å². The van der Waals surface area contributed by atoms with Gasteiger partial charge in [0.15, 0.2) is 11.9 Å². The smallest absolute Gasteiger partial charge is 0.173 e. The highest BCUT2D eigenvalue weighted by atomic mass is 35.5. The summed E-state index contributed by atoms with van der Waals surface area (Å²) >= 11 is 5.80. The topological polar surface area (TPSA) is 26.3 Å². The number of ether oxygens (including phenoxy) is 1. The van der Waals surface area contributed by atoms with Gasteiger partial charge in [-0.25, -0.2) is 0 Å². The van der Waals surface area contributed by atoms with Gasteiger partial charge in [-0.2, -0.15) is 0 Å². The highest BCUT2D eigenvalue weighted by molar-refractivity contribution is 6.30. The third-order valence-corrected chi connectivity index (χ3v) is 2.56. The van der Waals surface area contributed by atoms with Crippen molar-refractivity contribution in [2.24, 2.45) is 0 Å². The van der Waals surface area contributed by atoms with Crippen molar-refractivity contribution >= 4 is 17.4 Å². The van der Waals surface area contributed by atoms with E-state index in [2.05, 4.69) is 0 Å². The van der Waals surface area contributed by atoms with Gasteiger partial charge in [0.25, 0.3) is 0 Å². The number of hydrogen-bond acceptors (Lipinski definition) is 2. The largest absolute Gasteiger partial charge is 0.483 e. The van der Waals surface area contributed by atoms with Crippen molar-refractivity contribution in [2.45, 2.75) is 25.4 Å².